The van der Waals surface area contributed by atoms with E-state index in [0.717, 1.165) is 5.56 Å². The first-order valence-corrected chi connectivity index (χ1v) is 5.74. The topological polar surface area (TPSA) is 49.3 Å². The molecule has 0 saturated heterocycles. The van der Waals surface area contributed by atoms with Crippen LogP contribution in [-0.4, -0.2) is 11.0 Å². The van der Waals surface area contributed by atoms with Crippen molar-refractivity contribution >= 4 is 11.6 Å². The molecule has 0 aliphatic heterocycles. The molecular formula is C13H17NO2. The molecule has 1 aliphatic rings. The molecule has 0 radical (unpaired) electrons. The zero-order chi connectivity index (χ0) is 11.5. The molecule has 1 aromatic carbocycles. The summed E-state index contributed by atoms with van der Waals surface area (Å²) in [6, 6.07) is 5.20. The highest BCUT2D eigenvalue weighted by Crippen LogP contribution is 2.29. The van der Waals surface area contributed by atoms with Crippen molar-refractivity contribution in [2.45, 2.75) is 32.6 Å². The summed E-state index contributed by atoms with van der Waals surface area (Å²) in [4.78, 5) is 11.6. The third kappa shape index (κ3) is 2.54. The van der Waals surface area contributed by atoms with Crippen LogP contribution in [0.4, 0.5) is 5.69 Å². The molecule has 0 spiro atoms. The number of benzene rings is 1. The van der Waals surface area contributed by atoms with Gasteiger partial charge in [-0.15, -0.1) is 0 Å². The average Bonchev–Trinajstić information content (AvgIpc) is 2.18. The van der Waals surface area contributed by atoms with E-state index < -0.39 is 0 Å². The molecule has 16 heavy (non-hydrogen) atoms. The maximum absolute atomic E-state index is 11.6. The minimum atomic E-state index is 0.0490. The number of aromatic hydroxyl groups is 1. The number of anilines is 1. The van der Waals surface area contributed by atoms with Crippen LogP contribution in [0.2, 0.25) is 0 Å². The first-order chi connectivity index (χ1) is 7.65. The van der Waals surface area contributed by atoms with E-state index >= 15 is 0 Å². The van der Waals surface area contributed by atoms with Gasteiger partial charge in [-0.05, 0) is 37.3 Å². The third-order valence-electron chi connectivity index (χ3n) is 3.19. The smallest absolute Gasteiger partial charge is 0.224 e. The van der Waals surface area contributed by atoms with Crippen molar-refractivity contribution in [1.29, 1.82) is 0 Å². The van der Waals surface area contributed by atoms with Crippen LogP contribution in [0.5, 0.6) is 5.75 Å². The fraction of sp³-hybridized carbons (Fsp3) is 0.462. The summed E-state index contributed by atoms with van der Waals surface area (Å²) >= 11 is 0. The van der Waals surface area contributed by atoms with Crippen molar-refractivity contribution in [3.05, 3.63) is 23.8 Å². The van der Waals surface area contributed by atoms with Crippen LogP contribution in [0.1, 0.15) is 31.2 Å². The van der Waals surface area contributed by atoms with Crippen LogP contribution < -0.4 is 5.32 Å². The number of hydrogen-bond donors (Lipinski definition) is 2. The van der Waals surface area contributed by atoms with Gasteiger partial charge in [-0.25, -0.2) is 0 Å². The second-order valence-electron chi connectivity index (χ2n) is 4.55. The van der Waals surface area contributed by atoms with Gasteiger partial charge in [0.25, 0.3) is 0 Å². The Morgan fingerprint density at radius 1 is 1.50 bits per heavy atom. The van der Waals surface area contributed by atoms with E-state index in [1.54, 1.807) is 12.1 Å². The maximum Gasteiger partial charge on any atom is 0.224 e. The van der Waals surface area contributed by atoms with Gasteiger partial charge in [-0.1, -0.05) is 12.5 Å². The van der Waals surface area contributed by atoms with Gasteiger partial charge < -0.3 is 10.4 Å². The molecule has 2 rings (SSSR count). The number of aryl methyl sites for hydroxylation is 1. The highest BCUT2D eigenvalue weighted by atomic mass is 16.3. The van der Waals surface area contributed by atoms with Gasteiger partial charge in [-0.3, -0.25) is 4.79 Å². The van der Waals surface area contributed by atoms with Gasteiger partial charge in [0.05, 0.1) is 0 Å². The standard InChI is InChI=1S/C13H17NO2/c1-9-5-6-11(8-12(9)15)14-13(16)7-10-3-2-4-10/h5-6,8,10,15H,2-4,7H2,1H3,(H,14,16). The van der Waals surface area contributed by atoms with E-state index in [-0.39, 0.29) is 11.7 Å². The Morgan fingerprint density at radius 2 is 2.25 bits per heavy atom. The summed E-state index contributed by atoms with van der Waals surface area (Å²) < 4.78 is 0. The predicted molar refractivity (Wildman–Crippen MR) is 63.4 cm³/mol. The third-order valence-corrected chi connectivity index (χ3v) is 3.19. The highest BCUT2D eigenvalue weighted by molar-refractivity contribution is 5.91. The van der Waals surface area contributed by atoms with Gasteiger partial charge in [0.15, 0.2) is 0 Å². The van der Waals surface area contributed by atoms with E-state index in [1.807, 2.05) is 13.0 Å². The van der Waals surface area contributed by atoms with Crippen molar-refractivity contribution in [1.82, 2.24) is 0 Å². The van der Waals surface area contributed by atoms with Crippen molar-refractivity contribution in [3.63, 3.8) is 0 Å². The van der Waals surface area contributed by atoms with Crippen molar-refractivity contribution < 1.29 is 9.90 Å². The Hall–Kier alpha value is -1.51. The molecule has 3 nitrogen and oxygen atoms in total. The average molecular weight is 219 g/mol. The lowest BCUT2D eigenvalue weighted by Gasteiger charge is -2.24. The van der Waals surface area contributed by atoms with E-state index in [2.05, 4.69) is 5.32 Å². The highest BCUT2D eigenvalue weighted by Gasteiger charge is 2.20. The zero-order valence-corrected chi connectivity index (χ0v) is 9.49. The van der Waals surface area contributed by atoms with Crippen LogP contribution in [0, 0.1) is 12.8 Å². The van der Waals surface area contributed by atoms with E-state index in [1.165, 1.54) is 19.3 Å². The number of phenols is 1. The van der Waals surface area contributed by atoms with Crippen LogP contribution in [0.3, 0.4) is 0 Å². The number of rotatable bonds is 3. The van der Waals surface area contributed by atoms with E-state index in [4.69, 9.17) is 0 Å². The zero-order valence-electron chi connectivity index (χ0n) is 9.49. The number of phenolic OH excluding ortho intramolecular Hbond substituents is 1. The molecule has 0 aromatic heterocycles. The maximum atomic E-state index is 11.6. The van der Waals surface area contributed by atoms with Crippen LogP contribution in [-0.2, 0) is 4.79 Å². The predicted octanol–water partition coefficient (Wildman–Crippen LogP) is 2.83. The first-order valence-electron chi connectivity index (χ1n) is 5.74. The van der Waals surface area contributed by atoms with Gasteiger partial charge in [0, 0.05) is 18.2 Å². The fourth-order valence-electron chi connectivity index (χ4n) is 1.86. The molecule has 1 fully saturated rings. The van der Waals surface area contributed by atoms with Gasteiger partial charge in [0.2, 0.25) is 5.91 Å². The first kappa shape index (κ1) is 11.0. The van der Waals surface area contributed by atoms with Crippen LogP contribution in [0.15, 0.2) is 18.2 Å². The van der Waals surface area contributed by atoms with Crippen molar-refractivity contribution in [3.8, 4) is 5.75 Å². The summed E-state index contributed by atoms with van der Waals surface area (Å²) in [5.74, 6) is 0.841. The van der Waals surface area contributed by atoms with Gasteiger partial charge in [0.1, 0.15) is 5.75 Å². The molecule has 1 saturated carbocycles. The Labute approximate surface area is 95.5 Å². The van der Waals surface area contributed by atoms with E-state index in [9.17, 15) is 9.90 Å². The normalized spacial score (nSPS) is 15.6. The quantitative estimate of drug-likeness (QED) is 0.821. The SMILES string of the molecule is Cc1ccc(NC(=O)CC2CCC2)cc1O. The summed E-state index contributed by atoms with van der Waals surface area (Å²) in [7, 11) is 0. The number of nitrogens with one attached hydrogen (secondary N) is 1. The minimum Gasteiger partial charge on any atom is -0.508 e. The van der Waals surface area contributed by atoms with Crippen molar-refractivity contribution in [2.24, 2.45) is 5.92 Å². The molecule has 2 N–H and O–H groups in total. The summed E-state index contributed by atoms with van der Waals surface area (Å²) in [5, 5.41) is 12.3. The number of hydrogen-bond acceptors (Lipinski definition) is 2. The summed E-state index contributed by atoms with van der Waals surface area (Å²) in [6.45, 7) is 1.83. The Bertz CT molecular complexity index is 397. The lowest BCUT2D eigenvalue weighted by atomic mass is 9.83. The lowest BCUT2D eigenvalue weighted by molar-refractivity contribution is -0.117. The minimum absolute atomic E-state index is 0.0490. The number of carbonyl (C=O) groups is 1. The molecule has 1 aromatic rings. The molecule has 0 unspecified atom stereocenters. The molecule has 1 aliphatic carbocycles. The second-order valence-corrected chi connectivity index (χ2v) is 4.55. The molecule has 0 bridgehead atoms. The van der Waals surface area contributed by atoms with Crippen LogP contribution >= 0.6 is 0 Å². The Balaban J connectivity index is 1.92. The summed E-state index contributed by atoms with van der Waals surface area (Å²) in [5.41, 5.74) is 1.49. The second kappa shape index (κ2) is 4.56. The van der Waals surface area contributed by atoms with Crippen LogP contribution in [0.25, 0.3) is 0 Å². The number of carbonyl (C=O) groups excluding carboxylic acids is 1. The Morgan fingerprint density at radius 3 is 2.81 bits per heavy atom. The van der Waals surface area contributed by atoms with E-state index in [0.29, 0.717) is 18.0 Å². The molecule has 0 atom stereocenters. The molecule has 3 heteroatoms. The fourth-order valence-corrected chi connectivity index (χ4v) is 1.86. The lowest BCUT2D eigenvalue weighted by Crippen LogP contribution is -2.20. The molecule has 1 amide bonds. The van der Waals surface area contributed by atoms with Gasteiger partial charge >= 0.3 is 0 Å². The van der Waals surface area contributed by atoms with Crippen molar-refractivity contribution in [2.75, 3.05) is 5.32 Å². The summed E-state index contributed by atoms with van der Waals surface area (Å²) in [6.07, 6.45) is 4.21. The Kier molecular flexibility index (Phi) is 3.13. The monoisotopic (exact) mass is 219 g/mol. The molecular weight excluding hydrogens is 202 g/mol. The molecule has 0 heterocycles. The molecule has 86 valence electrons. The number of amides is 1. The largest absolute Gasteiger partial charge is 0.508 e. The van der Waals surface area contributed by atoms with Gasteiger partial charge in [-0.2, -0.15) is 0 Å².